The Balaban J connectivity index is 2.10. The van der Waals surface area contributed by atoms with Gasteiger partial charge in [0.15, 0.2) is 0 Å². The number of halogens is 2. The van der Waals surface area contributed by atoms with Crippen LogP contribution in [0.3, 0.4) is 0 Å². The van der Waals surface area contributed by atoms with Crippen LogP contribution >= 0.6 is 0 Å². The number of amides is 1. The Morgan fingerprint density at radius 3 is 2.43 bits per heavy atom. The number of carbonyl (C=O) groups is 1. The smallest absolute Gasteiger partial charge is 0.246 e. The quantitative estimate of drug-likeness (QED) is 0.608. The molecule has 0 radical (unpaired) electrons. The lowest BCUT2D eigenvalue weighted by Crippen LogP contribution is -2.41. The molecule has 9 heteroatoms. The van der Waals surface area contributed by atoms with E-state index in [9.17, 15) is 22.0 Å². The third-order valence-electron chi connectivity index (χ3n) is 3.93. The first-order valence-electron chi connectivity index (χ1n) is 8.59. The van der Waals surface area contributed by atoms with Crippen molar-refractivity contribution in [3.8, 4) is 0 Å². The van der Waals surface area contributed by atoms with Crippen LogP contribution in [0.25, 0.3) is 0 Å². The third-order valence-corrected chi connectivity index (χ3v) is 5.81. The highest BCUT2D eigenvalue weighted by atomic mass is 32.2. The highest BCUT2D eigenvalue weighted by Gasteiger charge is 2.28. The summed E-state index contributed by atoms with van der Waals surface area (Å²) in [4.78, 5) is 11.8. The molecule has 6 nitrogen and oxygen atoms in total. The van der Waals surface area contributed by atoms with E-state index in [0.717, 1.165) is 16.4 Å². The summed E-state index contributed by atoms with van der Waals surface area (Å²) in [5, 5.41) is 2.58. The zero-order chi connectivity index (χ0) is 20.6. The zero-order valence-corrected chi connectivity index (χ0v) is 16.2. The fraction of sp³-hybridized carbons (Fsp3) is 0.316. The Bertz CT molecular complexity index is 889. The molecule has 0 aliphatic rings. The fourth-order valence-corrected chi connectivity index (χ4v) is 3.98. The minimum absolute atomic E-state index is 0.00548. The van der Waals surface area contributed by atoms with Gasteiger partial charge in [-0.2, -0.15) is 4.31 Å². The Hall–Kier alpha value is -2.36. The van der Waals surface area contributed by atoms with E-state index in [1.54, 1.807) is 0 Å². The summed E-state index contributed by atoms with van der Waals surface area (Å²) in [6.07, 6.45) is 0.343. The molecule has 0 heterocycles. The van der Waals surface area contributed by atoms with Gasteiger partial charge in [0, 0.05) is 26.8 Å². The molecule has 0 spiro atoms. The molecule has 1 N–H and O–H groups in total. The number of methoxy groups -OCH3 is 1. The first kappa shape index (κ1) is 21.9. The maximum Gasteiger partial charge on any atom is 0.246 e. The van der Waals surface area contributed by atoms with Crippen molar-refractivity contribution < 1.29 is 26.7 Å². The number of ether oxygens (including phenoxy) is 1. The van der Waals surface area contributed by atoms with Gasteiger partial charge in [0.2, 0.25) is 15.9 Å². The SMILES string of the molecule is COCCCN(CC(=O)NCc1ccc(F)cc1)S(=O)(=O)c1ccccc1F. The van der Waals surface area contributed by atoms with Crippen LogP contribution in [0.1, 0.15) is 12.0 Å². The van der Waals surface area contributed by atoms with Gasteiger partial charge in [0.1, 0.15) is 16.5 Å². The maximum absolute atomic E-state index is 14.0. The number of sulfonamides is 1. The molecule has 28 heavy (non-hydrogen) atoms. The van der Waals surface area contributed by atoms with Gasteiger partial charge in [-0.05, 0) is 36.2 Å². The number of carbonyl (C=O) groups excluding carboxylic acids is 1. The molecular weight excluding hydrogens is 390 g/mol. The Labute approximate surface area is 163 Å². The van der Waals surface area contributed by atoms with E-state index in [4.69, 9.17) is 4.74 Å². The van der Waals surface area contributed by atoms with Crippen molar-refractivity contribution in [3.63, 3.8) is 0 Å². The number of nitrogens with one attached hydrogen (secondary N) is 1. The van der Waals surface area contributed by atoms with Crippen molar-refractivity contribution in [3.05, 3.63) is 65.7 Å². The first-order valence-corrected chi connectivity index (χ1v) is 10.0. The normalized spacial score (nSPS) is 11.6. The second-order valence-electron chi connectivity index (χ2n) is 6.02. The van der Waals surface area contributed by atoms with Crippen LogP contribution in [0.2, 0.25) is 0 Å². The van der Waals surface area contributed by atoms with Gasteiger partial charge in [0.05, 0.1) is 6.54 Å². The number of hydrogen-bond donors (Lipinski definition) is 1. The second kappa shape index (κ2) is 10.3. The van der Waals surface area contributed by atoms with Crippen molar-refractivity contribution in [1.82, 2.24) is 9.62 Å². The highest BCUT2D eigenvalue weighted by Crippen LogP contribution is 2.19. The van der Waals surface area contributed by atoms with Crippen LogP contribution in [0, 0.1) is 11.6 Å². The maximum atomic E-state index is 14.0. The van der Waals surface area contributed by atoms with Crippen molar-refractivity contribution in [1.29, 1.82) is 0 Å². The molecule has 0 saturated heterocycles. The Morgan fingerprint density at radius 1 is 1.11 bits per heavy atom. The largest absolute Gasteiger partial charge is 0.385 e. The molecule has 0 fully saturated rings. The number of hydrogen-bond acceptors (Lipinski definition) is 4. The van der Waals surface area contributed by atoms with Crippen molar-refractivity contribution in [2.75, 3.05) is 26.8 Å². The average Bonchev–Trinajstić information content (AvgIpc) is 2.67. The minimum Gasteiger partial charge on any atom is -0.385 e. The van der Waals surface area contributed by atoms with Crippen LogP contribution < -0.4 is 5.32 Å². The number of nitrogens with zero attached hydrogens (tertiary/aromatic N) is 1. The van der Waals surface area contributed by atoms with Gasteiger partial charge in [-0.1, -0.05) is 24.3 Å². The Morgan fingerprint density at radius 2 is 1.79 bits per heavy atom. The van der Waals surface area contributed by atoms with Crippen LogP contribution in [0.15, 0.2) is 53.4 Å². The fourth-order valence-electron chi connectivity index (χ4n) is 2.48. The number of benzene rings is 2. The summed E-state index contributed by atoms with van der Waals surface area (Å²) in [6.45, 7) is -0.0681. The zero-order valence-electron chi connectivity index (χ0n) is 15.4. The standard InChI is InChI=1S/C19H22F2N2O4S/c1-27-12-4-11-23(28(25,26)18-6-3-2-5-17(18)21)14-19(24)22-13-15-7-9-16(20)10-8-15/h2-3,5-10H,4,11-14H2,1H3,(H,22,24). The van der Waals surface area contributed by atoms with Crippen molar-refractivity contribution in [2.24, 2.45) is 0 Å². The van der Waals surface area contributed by atoms with Crippen LogP contribution in [-0.2, 0) is 26.1 Å². The lowest BCUT2D eigenvalue weighted by Gasteiger charge is -2.22. The Kier molecular flexibility index (Phi) is 8.04. The molecule has 152 valence electrons. The molecule has 2 rings (SSSR count). The van der Waals surface area contributed by atoms with Gasteiger partial charge in [0.25, 0.3) is 0 Å². The monoisotopic (exact) mass is 412 g/mol. The summed E-state index contributed by atoms with van der Waals surface area (Å²) in [5.41, 5.74) is 0.664. The van der Waals surface area contributed by atoms with E-state index in [2.05, 4.69) is 5.32 Å². The summed E-state index contributed by atoms with van der Waals surface area (Å²) in [5.74, 6) is -1.83. The van der Waals surface area contributed by atoms with Crippen LogP contribution in [-0.4, -0.2) is 45.4 Å². The molecular formula is C19H22F2N2O4S. The van der Waals surface area contributed by atoms with E-state index in [1.807, 2.05) is 0 Å². The van der Waals surface area contributed by atoms with Crippen molar-refractivity contribution in [2.45, 2.75) is 17.9 Å². The molecule has 0 unspecified atom stereocenters. The van der Waals surface area contributed by atoms with E-state index in [0.29, 0.717) is 18.6 Å². The van der Waals surface area contributed by atoms with E-state index in [1.165, 1.54) is 43.5 Å². The molecule has 0 aliphatic heterocycles. The molecule has 0 atom stereocenters. The molecule has 0 saturated carbocycles. The topological polar surface area (TPSA) is 75.7 Å². The molecule has 0 aromatic heterocycles. The van der Waals surface area contributed by atoms with Crippen LogP contribution in [0.5, 0.6) is 0 Å². The van der Waals surface area contributed by atoms with Crippen molar-refractivity contribution >= 4 is 15.9 Å². The lowest BCUT2D eigenvalue weighted by atomic mass is 10.2. The highest BCUT2D eigenvalue weighted by molar-refractivity contribution is 7.89. The second-order valence-corrected chi connectivity index (χ2v) is 7.92. The molecule has 2 aromatic rings. The van der Waals surface area contributed by atoms with Crippen LogP contribution in [0.4, 0.5) is 8.78 Å². The van der Waals surface area contributed by atoms with Gasteiger partial charge >= 0.3 is 0 Å². The van der Waals surface area contributed by atoms with E-state index >= 15 is 0 Å². The molecule has 1 amide bonds. The minimum atomic E-state index is -4.20. The van der Waals surface area contributed by atoms with Gasteiger partial charge < -0.3 is 10.1 Å². The van der Waals surface area contributed by atoms with E-state index < -0.39 is 39.0 Å². The van der Waals surface area contributed by atoms with E-state index in [-0.39, 0.29) is 13.1 Å². The summed E-state index contributed by atoms with van der Waals surface area (Å²) < 4.78 is 58.4. The summed E-state index contributed by atoms with van der Waals surface area (Å²) >= 11 is 0. The first-order chi connectivity index (χ1) is 13.3. The molecule has 0 bridgehead atoms. The van der Waals surface area contributed by atoms with Gasteiger partial charge in [-0.15, -0.1) is 0 Å². The van der Waals surface area contributed by atoms with Gasteiger partial charge in [-0.25, -0.2) is 17.2 Å². The predicted octanol–water partition coefficient (Wildman–Crippen LogP) is 2.31. The van der Waals surface area contributed by atoms with Gasteiger partial charge in [-0.3, -0.25) is 4.79 Å². The summed E-state index contributed by atoms with van der Waals surface area (Å²) in [7, 11) is -2.73. The average molecular weight is 412 g/mol. The number of rotatable bonds is 10. The predicted molar refractivity (Wildman–Crippen MR) is 99.9 cm³/mol. The lowest BCUT2D eigenvalue weighted by molar-refractivity contribution is -0.121. The third kappa shape index (κ3) is 6.08. The molecule has 0 aliphatic carbocycles. The molecule has 2 aromatic carbocycles. The summed E-state index contributed by atoms with van der Waals surface area (Å²) in [6, 6.07) is 10.6.